The Morgan fingerprint density at radius 1 is 0.896 bits per heavy atom. The second-order valence-corrected chi connectivity index (χ2v) is 12.9. The first-order valence-corrected chi connectivity index (χ1v) is 16.4. The summed E-state index contributed by atoms with van der Waals surface area (Å²) < 4.78 is 63.2. The number of aromatic nitrogens is 3. The normalized spacial score (nSPS) is 19.2. The number of pyridine rings is 1. The van der Waals surface area contributed by atoms with Crippen LogP contribution < -0.4 is 9.64 Å². The summed E-state index contributed by atoms with van der Waals surface area (Å²) in [6.45, 7) is 0.787. The molecular weight excluding hydrogens is 624 g/mol. The van der Waals surface area contributed by atoms with Gasteiger partial charge in [-0.2, -0.15) is 13.2 Å². The molecule has 1 aliphatic heterocycles. The van der Waals surface area contributed by atoms with Crippen molar-refractivity contribution < 1.29 is 32.2 Å². The first-order valence-electron chi connectivity index (χ1n) is 16.4. The summed E-state index contributed by atoms with van der Waals surface area (Å²) in [7, 11) is 0. The Balaban J connectivity index is 1.16. The SMILES string of the molecule is O=C(O)[C@H]1CCCCC1c1nc2cc(OCc3ccc4ccccc4n3)ccc2n1Cc1ccc(N2CCC(C(F)(F)F)CC2)cc1F. The number of fused-ring (bicyclic) bond motifs is 2. The van der Waals surface area contributed by atoms with Crippen LogP contribution in [0.25, 0.3) is 21.9 Å². The molecule has 7 rings (SSSR count). The number of hydrogen-bond acceptors (Lipinski definition) is 5. The summed E-state index contributed by atoms with van der Waals surface area (Å²) in [5, 5.41) is 11.1. The van der Waals surface area contributed by atoms with Crippen LogP contribution in [0, 0.1) is 17.7 Å². The number of carboxylic acid groups (broad SMARTS) is 1. The molecule has 3 aromatic carbocycles. The Morgan fingerprint density at radius 3 is 2.46 bits per heavy atom. The maximum atomic E-state index is 15.7. The quantitative estimate of drug-likeness (QED) is 0.168. The van der Waals surface area contributed by atoms with Crippen LogP contribution >= 0.6 is 0 Å². The highest BCUT2D eigenvalue weighted by molar-refractivity contribution is 5.79. The Morgan fingerprint density at radius 2 is 1.69 bits per heavy atom. The highest BCUT2D eigenvalue weighted by Gasteiger charge is 2.41. The highest BCUT2D eigenvalue weighted by atomic mass is 19.4. The van der Waals surface area contributed by atoms with E-state index >= 15 is 4.39 Å². The molecule has 1 N–H and O–H groups in total. The van der Waals surface area contributed by atoms with E-state index in [1.165, 1.54) is 6.07 Å². The molecule has 2 aromatic heterocycles. The van der Waals surface area contributed by atoms with E-state index in [-0.39, 0.29) is 45.0 Å². The predicted octanol–water partition coefficient (Wildman–Crippen LogP) is 8.49. The zero-order chi connectivity index (χ0) is 33.4. The zero-order valence-corrected chi connectivity index (χ0v) is 26.3. The number of ether oxygens (including phenoxy) is 1. The summed E-state index contributed by atoms with van der Waals surface area (Å²) in [5.74, 6) is -2.43. The Bertz CT molecular complexity index is 1950. The minimum Gasteiger partial charge on any atom is -0.487 e. The van der Waals surface area contributed by atoms with Crippen LogP contribution in [-0.2, 0) is 17.9 Å². The fourth-order valence-electron chi connectivity index (χ4n) is 7.25. The largest absolute Gasteiger partial charge is 0.487 e. The number of piperidine rings is 1. The zero-order valence-electron chi connectivity index (χ0n) is 26.3. The average Bonchev–Trinajstić information content (AvgIpc) is 3.45. The van der Waals surface area contributed by atoms with Gasteiger partial charge in [0, 0.05) is 41.7 Å². The summed E-state index contributed by atoms with van der Waals surface area (Å²) >= 11 is 0. The number of anilines is 1. The third-order valence-corrected chi connectivity index (χ3v) is 9.89. The van der Waals surface area contributed by atoms with Crippen LogP contribution in [0.3, 0.4) is 0 Å². The molecule has 48 heavy (non-hydrogen) atoms. The van der Waals surface area contributed by atoms with Gasteiger partial charge in [0.05, 0.1) is 40.6 Å². The van der Waals surface area contributed by atoms with Gasteiger partial charge in [0.25, 0.3) is 0 Å². The van der Waals surface area contributed by atoms with E-state index in [4.69, 9.17) is 9.72 Å². The van der Waals surface area contributed by atoms with Crippen LogP contribution in [0.15, 0.2) is 72.8 Å². The molecule has 2 fully saturated rings. The molecule has 3 heterocycles. The summed E-state index contributed by atoms with van der Waals surface area (Å²) in [4.78, 5) is 23.7. The number of alkyl halides is 3. The van der Waals surface area contributed by atoms with Gasteiger partial charge in [-0.15, -0.1) is 0 Å². The lowest BCUT2D eigenvalue weighted by Gasteiger charge is -2.34. The molecule has 0 radical (unpaired) electrons. The van der Waals surface area contributed by atoms with Crippen molar-refractivity contribution in [3.8, 4) is 5.75 Å². The number of para-hydroxylation sites is 1. The molecule has 0 spiro atoms. The van der Waals surface area contributed by atoms with Crippen molar-refractivity contribution in [3.05, 3.63) is 95.7 Å². The average molecular weight is 661 g/mol. The predicted molar refractivity (Wildman–Crippen MR) is 175 cm³/mol. The maximum absolute atomic E-state index is 15.7. The number of carbonyl (C=O) groups is 1. The van der Waals surface area contributed by atoms with Gasteiger partial charge in [0.15, 0.2) is 0 Å². The van der Waals surface area contributed by atoms with Crippen molar-refractivity contribution in [2.75, 3.05) is 18.0 Å². The van der Waals surface area contributed by atoms with Gasteiger partial charge in [0.2, 0.25) is 0 Å². The lowest BCUT2D eigenvalue weighted by atomic mass is 9.78. The van der Waals surface area contributed by atoms with Crippen LogP contribution in [-0.4, -0.2) is 44.9 Å². The summed E-state index contributed by atoms with van der Waals surface area (Å²) in [5.41, 5.74) is 3.93. The topological polar surface area (TPSA) is 80.5 Å². The minimum atomic E-state index is -4.22. The van der Waals surface area contributed by atoms with E-state index in [1.54, 1.807) is 17.0 Å². The van der Waals surface area contributed by atoms with Gasteiger partial charge in [-0.1, -0.05) is 43.2 Å². The van der Waals surface area contributed by atoms with Crippen molar-refractivity contribution in [2.45, 2.75) is 63.8 Å². The summed E-state index contributed by atoms with van der Waals surface area (Å²) in [6.07, 6.45) is -1.35. The van der Waals surface area contributed by atoms with Gasteiger partial charge in [-0.25, -0.2) is 14.4 Å². The van der Waals surface area contributed by atoms with Crippen molar-refractivity contribution in [2.24, 2.45) is 11.8 Å². The maximum Gasteiger partial charge on any atom is 0.391 e. The van der Waals surface area contributed by atoms with E-state index in [9.17, 15) is 23.1 Å². The molecule has 250 valence electrons. The molecule has 0 amide bonds. The molecule has 1 aliphatic carbocycles. The smallest absolute Gasteiger partial charge is 0.391 e. The Hall–Kier alpha value is -4.67. The van der Waals surface area contributed by atoms with E-state index < -0.39 is 29.8 Å². The Labute approximate surface area is 275 Å². The number of imidazole rings is 1. The standard InChI is InChI=1S/C37H36F4N4O3/c38-31-19-27(44-17-15-25(16-18-44)37(39,40)41)12-10-24(31)21-45-34-14-13-28(48-22-26-11-9-23-5-1-4-8-32(23)42-26)20-33(34)43-35(45)29-6-2-3-7-30(29)36(46)47/h1,4-5,8-14,19-20,25,29-30H,2-3,6-7,15-18,21-22H2,(H,46,47)/t29?,30-/m0/s1. The van der Waals surface area contributed by atoms with Crippen LogP contribution in [0.5, 0.6) is 5.75 Å². The lowest BCUT2D eigenvalue weighted by Crippen LogP contribution is -2.39. The number of benzene rings is 3. The van der Waals surface area contributed by atoms with Crippen LogP contribution in [0.4, 0.5) is 23.2 Å². The van der Waals surface area contributed by atoms with E-state index in [2.05, 4.69) is 4.98 Å². The molecule has 5 aromatic rings. The van der Waals surface area contributed by atoms with E-state index in [0.717, 1.165) is 35.0 Å². The second kappa shape index (κ2) is 13.1. The third-order valence-electron chi connectivity index (χ3n) is 9.89. The van der Waals surface area contributed by atoms with E-state index in [1.807, 2.05) is 59.2 Å². The Kier molecular flexibility index (Phi) is 8.70. The third kappa shape index (κ3) is 6.55. The molecule has 7 nitrogen and oxygen atoms in total. The molecular formula is C37H36F4N4O3. The number of nitrogens with zero attached hydrogens (tertiary/aromatic N) is 4. The lowest BCUT2D eigenvalue weighted by molar-refractivity contribution is -0.179. The molecule has 0 bridgehead atoms. The van der Waals surface area contributed by atoms with Crippen LogP contribution in [0.1, 0.15) is 61.5 Å². The number of aliphatic carboxylic acids is 1. The van der Waals surface area contributed by atoms with Crippen molar-refractivity contribution in [1.29, 1.82) is 0 Å². The van der Waals surface area contributed by atoms with E-state index in [0.29, 0.717) is 41.2 Å². The molecule has 1 unspecified atom stereocenters. The fourth-order valence-corrected chi connectivity index (χ4v) is 7.25. The highest BCUT2D eigenvalue weighted by Crippen LogP contribution is 2.40. The van der Waals surface area contributed by atoms with Gasteiger partial charge in [-0.3, -0.25) is 4.79 Å². The molecule has 2 atom stereocenters. The second-order valence-electron chi connectivity index (χ2n) is 12.9. The van der Waals surface area contributed by atoms with Crippen molar-refractivity contribution in [1.82, 2.24) is 14.5 Å². The van der Waals surface area contributed by atoms with Gasteiger partial charge < -0.3 is 19.3 Å². The van der Waals surface area contributed by atoms with Gasteiger partial charge in [-0.05, 0) is 62.1 Å². The first-order chi connectivity index (χ1) is 23.1. The minimum absolute atomic E-state index is 0.0200. The van der Waals surface area contributed by atoms with Crippen LogP contribution in [0.2, 0.25) is 0 Å². The van der Waals surface area contributed by atoms with Crippen molar-refractivity contribution in [3.63, 3.8) is 0 Å². The number of carboxylic acids is 1. The molecule has 2 aliphatic rings. The number of hydrogen-bond donors (Lipinski definition) is 1. The van der Waals surface area contributed by atoms with Crippen molar-refractivity contribution >= 4 is 33.6 Å². The fraction of sp³-hybridized carbons (Fsp3) is 0.378. The monoisotopic (exact) mass is 660 g/mol. The number of rotatable bonds is 8. The summed E-state index contributed by atoms with van der Waals surface area (Å²) in [6, 6.07) is 22.1. The molecule has 11 heteroatoms. The van der Waals surface area contributed by atoms with Gasteiger partial charge in [0.1, 0.15) is 24.0 Å². The molecule has 1 saturated heterocycles. The first kappa shape index (κ1) is 31.9. The van der Waals surface area contributed by atoms with Gasteiger partial charge >= 0.3 is 12.1 Å². The number of halogens is 4. The molecule has 1 saturated carbocycles.